The summed E-state index contributed by atoms with van der Waals surface area (Å²) in [4.78, 5) is 15.1. The van der Waals surface area contributed by atoms with E-state index in [-0.39, 0.29) is 11.9 Å². The highest BCUT2D eigenvalue weighted by molar-refractivity contribution is 5.91. The van der Waals surface area contributed by atoms with Gasteiger partial charge in [-0.2, -0.15) is 0 Å². The van der Waals surface area contributed by atoms with E-state index in [2.05, 4.69) is 10.3 Å². The van der Waals surface area contributed by atoms with Gasteiger partial charge in [0.2, 0.25) is 0 Å². The molecule has 4 nitrogen and oxygen atoms in total. The third-order valence-corrected chi connectivity index (χ3v) is 1.77. The summed E-state index contributed by atoms with van der Waals surface area (Å²) < 4.78 is 1.86. The fourth-order valence-corrected chi connectivity index (χ4v) is 1.29. The lowest BCUT2D eigenvalue weighted by molar-refractivity contribution is 0.0900. The first-order valence-corrected chi connectivity index (χ1v) is 3.59. The third-order valence-electron chi connectivity index (χ3n) is 1.77. The lowest BCUT2D eigenvalue weighted by Gasteiger charge is -2.20. The van der Waals surface area contributed by atoms with Crippen LogP contribution in [0.15, 0.2) is 12.4 Å². The molecule has 1 aliphatic heterocycles. The van der Waals surface area contributed by atoms with Gasteiger partial charge in [-0.05, 0) is 6.92 Å². The van der Waals surface area contributed by atoms with Gasteiger partial charge in [-0.1, -0.05) is 0 Å². The van der Waals surface area contributed by atoms with Crippen molar-refractivity contribution < 1.29 is 4.79 Å². The molecule has 0 spiro atoms. The molecule has 0 saturated heterocycles. The lowest BCUT2D eigenvalue weighted by Crippen LogP contribution is -2.42. The second-order valence-electron chi connectivity index (χ2n) is 2.78. The smallest absolute Gasteiger partial charge is 0.287 e. The molecule has 1 aromatic rings. The zero-order valence-electron chi connectivity index (χ0n) is 6.24. The van der Waals surface area contributed by atoms with Crippen LogP contribution in [0.5, 0.6) is 0 Å². The molecule has 0 bridgehead atoms. The Kier molecular flexibility index (Phi) is 1.21. The molecule has 58 valence electrons. The molecule has 0 saturated carbocycles. The van der Waals surface area contributed by atoms with Gasteiger partial charge in [-0.25, -0.2) is 4.98 Å². The van der Waals surface area contributed by atoms with E-state index in [4.69, 9.17) is 0 Å². The van der Waals surface area contributed by atoms with E-state index in [0.29, 0.717) is 5.82 Å². The molecule has 11 heavy (non-hydrogen) atoms. The average Bonchev–Trinajstić information content (AvgIpc) is 2.34. The Hall–Kier alpha value is -1.32. The molecule has 4 heteroatoms. The first-order chi connectivity index (χ1) is 5.27. The van der Waals surface area contributed by atoms with Crippen LogP contribution in [0.1, 0.15) is 17.5 Å². The van der Waals surface area contributed by atoms with Crippen molar-refractivity contribution in [2.75, 3.05) is 0 Å². The normalized spacial score (nSPS) is 22.6. The van der Waals surface area contributed by atoms with Crippen LogP contribution in [0, 0.1) is 0 Å². The van der Waals surface area contributed by atoms with Crippen molar-refractivity contribution in [2.45, 2.75) is 19.5 Å². The number of nitrogens with zero attached hydrogens (tertiary/aromatic N) is 2. The molecule has 2 heterocycles. The molecule has 1 aliphatic rings. The maximum atomic E-state index is 11.2. The summed E-state index contributed by atoms with van der Waals surface area (Å²) >= 11 is 0. The molecule has 1 aromatic heterocycles. The van der Waals surface area contributed by atoms with Crippen LogP contribution in [0.3, 0.4) is 0 Å². The molecule has 0 fully saturated rings. The molecule has 0 aromatic carbocycles. The van der Waals surface area contributed by atoms with E-state index in [9.17, 15) is 4.79 Å². The number of rotatable bonds is 0. The van der Waals surface area contributed by atoms with Crippen molar-refractivity contribution in [1.29, 1.82) is 0 Å². The molecule has 1 atom stereocenters. The minimum Gasteiger partial charge on any atom is -0.345 e. The number of hydrogen-bond donors (Lipinski definition) is 1. The molecule has 0 unspecified atom stereocenters. The molecular weight excluding hydrogens is 142 g/mol. The van der Waals surface area contributed by atoms with Crippen molar-refractivity contribution in [3.8, 4) is 0 Å². The van der Waals surface area contributed by atoms with Gasteiger partial charge >= 0.3 is 0 Å². The van der Waals surface area contributed by atoms with Crippen LogP contribution >= 0.6 is 0 Å². The monoisotopic (exact) mass is 151 g/mol. The fraction of sp³-hybridized carbons (Fsp3) is 0.429. The van der Waals surface area contributed by atoms with Crippen LogP contribution in [0.25, 0.3) is 0 Å². The van der Waals surface area contributed by atoms with E-state index < -0.39 is 0 Å². The molecule has 0 radical (unpaired) electrons. The van der Waals surface area contributed by atoms with Crippen molar-refractivity contribution in [2.24, 2.45) is 0 Å². The molecular formula is C7H9N3O. The van der Waals surface area contributed by atoms with Gasteiger partial charge in [0.15, 0.2) is 5.82 Å². The standard InChI is InChI=1S/C7H9N3O/c1-5-4-10-3-2-8-6(10)7(11)9-5/h2-3,5H,4H2,1H3,(H,9,11)/t5-/m0/s1. The van der Waals surface area contributed by atoms with Crippen molar-refractivity contribution in [3.05, 3.63) is 18.2 Å². The van der Waals surface area contributed by atoms with Gasteiger partial charge in [0.1, 0.15) is 0 Å². The quantitative estimate of drug-likeness (QED) is 0.568. The number of imidazole rings is 1. The van der Waals surface area contributed by atoms with Gasteiger partial charge < -0.3 is 9.88 Å². The summed E-state index contributed by atoms with van der Waals surface area (Å²) in [5.74, 6) is 0.442. The minimum absolute atomic E-state index is 0.0752. The number of hydrogen-bond acceptors (Lipinski definition) is 2. The number of fused-ring (bicyclic) bond motifs is 1. The summed E-state index contributed by atoms with van der Waals surface area (Å²) in [6, 6.07) is 0.212. The van der Waals surface area contributed by atoms with Crippen molar-refractivity contribution in [3.63, 3.8) is 0 Å². The van der Waals surface area contributed by atoms with Gasteiger partial charge in [-0.15, -0.1) is 0 Å². The number of carbonyl (C=O) groups excluding carboxylic acids is 1. The summed E-state index contributed by atoms with van der Waals surface area (Å²) in [5.41, 5.74) is 0. The lowest BCUT2D eigenvalue weighted by atomic mass is 10.2. The number of nitrogens with one attached hydrogen (secondary N) is 1. The summed E-state index contributed by atoms with van der Waals surface area (Å²) in [7, 11) is 0. The van der Waals surface area contributed by atoms with Crippen LogP contribution in [0.2, 0.25) is 0 Å². The molecule has 0 aliphatic carbocycles. The van der Waals surface area contributed by atoms with E-state index in [1.165, 1.54) is 0 Å². The predicted molar refractivity (Wildman–Crippen MR) is 39.2 cm³/mol. The predicted octanol–water partition coefficient (Wildman–Crippen LogP) is 0.0150. The van der Waals surface area contributed by atoms with E-state index >= 15 is 0 Å². The average molecular weight is 151 g/mol. The summed E-state index contributed by atoms with van der Waals surface area (Å²) in [5, 5.41) is 2.80. The van der Waals surface area contributed by atoms with Gasteiger partial charge in [-0.3, -0.25) is 4.79 Å². The molecule has 1 amide bonds. The van der Waals surface area contributed by atoms with Crippen molar-refractivity contribution in [1.82, 2.24) is 14.9 Å². The zero-order valence-corrected chi connectivity index (χ0v) is 6.24. The third kappa shape index (κ3) is 0.906. The number of carbonyl (C=O) groups is 1. The number of amides is 1. The van der Waals surface area contributed by atoms with Gasteiger partial charge in [0.05, 0.1) is 0 Å². The zero-order chi connectivity index (χ0) is 7.84. The highest BCUT2D eigenvalue weighted by Crippen LogP contribution is 2.05. The summed E-state index contributed by atoms with van der Waals surface area (Å²) in [6.45, 7) is 2.79. The highest BCUT2D eigenvalue weighted by Gasteiger charge is 2.21. The van der Waals surface area contributed by atoms with Crippen LogP contribution in [0.4, 0.5) is 0 Å². The first-order valence-electron chi connectivity index (χ1n) is 3.59. The van der Waals surface area contributed by atoms with E-state index in [1.54, 1.807) is 6.20 Å². The van der Waals surface area contributed by atoms with E-state index in [1.807, 2.05) is 17.7 Å². The second-order valence-corrected chi connectivity index (χ2v) is 2.78. The van der Waals surface area contributed by atoms with Gasteiger partial charge in [0.25, 0.3) is 5.91 Å². The fourth-order valence-electron chi connectivity index (χ4n) is 1.29. The Morgan fingerprint density at radius 3 is 3.45 bits per heavy atom. The number of aromatic nitrogens is 2. The Bertz CT molecular complexity index is 292. The molecule has 1 N–H and O–H groups in total. The van der Waals surface area contributed by atoms with Crippen molar-refractivity contribution >= 4 is 5.91 Å². The van der Waals surface area contributed by atoms with Crippen LogP contribution in [-0.2, 0) is 6.54 Å². The first kappa shape index (κ1) is 6.39. The largest absolute Gasteiger partial charge is 0.345 e. The van der Waals surface area contributed by atoms with Gasteiger partial charge in [0, 0.05) is 25.0 Å². The van der Waals surface area contributed by atoms with E-state index in [0.717, 1.165) is 6.54 Å². The topological polar surface area (TPSA) is 46.9 Å². The maximum Gasteiger partial charge on any atom is 0.287 e. The Morgan fingerprint density at radius 2 is 2.64 bits per heavy atom. The SMILES string of the molecule is C[C@H]1Cn2ccnc2C(=O)N1. The Labute approximate surface area is 64.2 Å². The second kappa shape index (κ2) is 2.08. The van der Waals surface area contributed by atoms with Crippen LogP contribution in [-0.4, -0.2) is 21.5 Å². The Morgan fingerprint density at radius 1 is 1.82 bits per heavy atom. The highest BCUT2D eigenvalue weighted by atomic mass is 16.2. The maximum absolute atomic E-state index is 11.2. The molecule has 2 rings (SSSR count). The van der Waals surface area contributed by atoms with Crippen LogP contribution < -0.4 is 5.32 Å². The Balaban J connectivity index is 2.44. The summed E-state index contributed by atoms with van der Waals surface area (Å²) in [6.07, 6.45) is 3.47. The minimum atomic E-state index is -0.0752.